The van der Waals surface area contributed by atoms with Gasteiger partial charge in [-0.05, 0) is 50.4 Å². The number of ether oxygens (including phenoxy) is 1. The van der Waals surface area contributed by atoms with Crippen LogP contribution >= 0.6 is 27.3 Å². The fourth-order valence-electron chi connectivity index (χ4n) is 1.81. The van der Waals surface area contributed by atoms with Gasteiger partial charge in [-0.2, -0.15) is 0 Å². The molecule has 2 rings (SSSR count). The molecule has 0 spiro atoms. The van der Waals surface area contributed by atoms with Crippen molar-refractivity contribution < 1.29 is 10.1 Å². The van der Waals surface area contributed by atoms with E-state index in [2.05, 4.69) is 65.6 Å². The first-order valence-corrected chi connectivity index (χ1v) is 8.39. The third kappa shape index (κ3) is 4.93. The molecule has 0 aliphatic carbocycles. The van der Waals surface area contributed by atoms with Crippen molar-refractivity contribution in [2.75, 3.05) is 0 Å². The van der Waals surface area contributed by atoms with E-state index in [1.165, 1.54) is 10.4 Å². The lowest BCUT2D eigenvalue weighted by Crippen LogP contribution is -2.92. The monoisotopic (exact) mass is 354 g/mol. The van der Waals surface area contributed by atoms with Gasteiger partial charge < -0.3 is 10.1 Å². The molecule has 2 N–H and O–H groups in total. The minimum atomic E-state index is 0.216. The van der Waals surface area contributed by atoms with E-state index in [9.17, 15) is 0 Å². The Kier molecular flexibility index (Phi) is 5.24. The molecule has 0 saturated carbocycles. The number of hydrogen-bond donors (Lipinski definition) is 1. The highest BCUT2D eigenvalue weighted by Gasteiger charge is 2.15. The van der Waals surface area contributed by atoms with Crippen LogP contribution in [0.25, 0.3) is 0 Å². The van der Waals surface area contributed by atoms with Crippen LogP contribution in [0.15, 0.2) is 40.2 Å². The summed E-state index contributed by atoms with van der Waals surface area (Å²) in [6.45, 7) is 8.22. The molecular formula is C16H21BrNOS+. The van der Waals surface area contributed by atoms with Crippen molar-refractivity contribution >= 4 is 27.3 Å². The first-order chi connectivity index (χ1) is 9.44. The van der Waals surface area contributed by atoms with Crippen LogP contribution in [0.1, 0.15) is 31.2 Å². The van der Waals surface area contributed by atoms with E-state index in [1.54, 1.807) is 11.3 Å². The highest BCUT2D eigenvalue weighted by Crippen LogP contribution is 2.24. The van der Waals surface area contributed by atoms with Crippen molar-refractivity contribution in [1.82, 2.24) is 0 Å². The van der Waals surface area contributed by atoms with E-state index in [0.717, 1.165) is 16.8 Å². The van der Waals surface area contributed by atoms with Crippen molar-refractivity contribution in [2.24, 2.45) is 0 Å². The van der Waals surface area contributed by atoms with Gasteiger partial charge in [0.05, 0.1) is 5.54 Å². The van der Waals surface area contributed by atoms with Crippen molar-refractivity contribution in [2.45, 2.75) is 39.5 Å². The second-order valence-corrected chi connectivity index (χ2v) is 7.84. The first-order valence-electron chi connectivity index (χ1n) is 6.72. The fourth-order valence-corrected chi connectivity index (χ4v) is 2.83. The normalized spacial score (nSPS) is 11.6. The van der Waals surface area contributed by atoms with Gasteiger partial charge in [0.2, 0.25) is 0 Å². The number of quaternary nitrogens is 1. The Balaban J connectivity index is 2.07. The number of hydrogen-bond acceptors (Lipinski definition) is 2. The van der Waals surface area contributed by atoms with Crippen molar-refractivity contribution in [3.8, 4) is 5.75 Å². The van der Waals surface area contributed by atoms with E-state index in [4.69, 9.17) is 4.74 Å². The lowest BCUT2D eigenvalue weighted by Gasteiger charge is -2.18. The van der Waals surface area contributed by atoms with Crippen LogP contribution in [0.2, 0.25) is 0 Å². The minimum Gasteiger partial charge on any atom is -0.488 e. The van der Waals surface area contributed by atoms with Crippen LogP contribution in [-0.2, 0) is 13.2 Å². The van der Waals surface area contributed by atoms with E-state index >= 15 is 0 Å². The van der Waals surface area contributed by atoms with Crippen molar-refractivity contribution in [3.05, 3.63) is 50.6 Å². The van der Waals surface area contributed by atoms with Crippen molar-refractivity contribution in [1.29, 1.82) is 0 Å². The summed E-state index contributed by atoms with van der Waals surface area (Å²) in [6, 6.07) is 10.4. The van der Waals surface area contributed by atoms with Crippen molar-refractivity contribution in [3.63, 3.8) is 0 Å². The minimum absolute atomic E-state index is 0.216. The highest BCUT2D eigenvalue weighted by molar-refractivity contribution is 9.10. The Labute approximate surface area is 133 Å². The van der Waals surface area contributed by atoms with Gasteiger partial charge in [-0.1, -0.05) is 22.0 Å². The molecule has 0 unspecified atom stereocenters. The predicted octanol–water partition coefficient (Wildman–Crippen LogP) is 3.95. The van der Waals surface area contributed by atoms with Crippen LogP contribution in [-0.4, -0.2) is 5.54 Å². The maximum absolute atomic E-state index is 5.97. The average Bonchev–Trinajstić information content (AvgIpc) is 2.87. The van der Waals surface area contributed by atoms with E-state index in [1.807, 2.05) is 12.1 Å². The first kappa shape index (κ1) is 15.5. The van der Waals surface area contributed by atoms with Crippen LogP contribution < -0.4 is 10.1 Å². The predicted molar refractivity (Wildman–Crippen MR) is 88.2 cm³/mol. The molecule has 0 aliphatic heterocycles. The Bertz CT molecular complexity index is 546. The summed E-state index contributed by atoms with van der Waals surface area (Å²) in [5, 5.41) is 4.40. The van der Waals surface area contributed by atoms with E-state index in [0.29, 0.717) is 6.61 Å². The quantitative estimate of drug-likeness (QED) is 0.863. The molecule has 2 nitrogen and oxygen atoms in total. The zero-order valence-corrected chi connectivity index (χ0v) is 14.6. The van der Waals surface area contributed by atoms with Gasteiger partial charge in [0, 0.05) is 14.9 Å². The summed E-state index contributed by atoms with van der Waals surface area (Å²) in [5.41, 5.74) is 1.44. The number of thiophene rings is 1. The fraction of sp³-hybridized carbons (Fsp3) is 0.375. The largest absolute Gasteiger partial charge is 0.488 e. The summed E-state index contributed by atoms with van der Waals surface area (Å²) in [6.07, 6.45) is 0. The van der Waals surface area contributed by atoms with E-state index < -0.39 is 0 Å². The van der Waals surface area contributed by atoms with E-state index in [-0.39, 0.29) is 5.54 Å². The average molecular weight is 355 g/mol. The molecule has 0 atom stereocenters. The molecule has 20 heavy (non-hydrogen) atoms. The summed E-state index contributed by atoms with van der Waals surface area (Å²) < 4.78 is 7.07. The zero-order chi connectivity index (χ0) is 14.6. The topological polar surface area (TPSA) is 25.8 Å². The third-order valence-corrected chi connectivity index (χ3v) is 4.25. The number of benzene rings is 1. The van der Waals surface area contributed by atoms with Crippen LogP contribution in [0.5, 0.6) is 5.75 Å². The number of nitrogens with two attached hydrogens (primary N) is 1. The Morgan fingerprint density at radius 3 is 2.70 bits per heavy atom. The highest BCUT2D eigenvalue weighted by atomic mass is 79.9. The van der Waals surface area contributed by atoms with Crippen LogP contribution in [0.3, 0.4) is 0 Å². The number of rotatable bonds is 5. The molecule has 0 saturated heterocycles. The summed E-state index contributed by atoms with van der Waals surface area (Å²) in [4.78, 5) is 1.25. The second-order valence-electron chi connectivity index (χ2n) is 5.89. The Morgan fingerprint density at radius 1 is 1.25 bits per heavy atom. The van der Waals surface area contributed by atoms with Crippen LogP contribution in [0.4, 0.5) is 0 Å². The van der Waals surface area contributed by atoms with Gasteiger partial charge in [0.1, 0.15) is 18.9 Å². The Morgan fingerprint density at radius 2 is 2.05 bits per heavy atom. The van der Waals surface area contributed by atoms with Crippen LogP contribution in [0, 0.1) is 0 Å². The zero-order valence-electron chi connectivity index (χ0n) is 12.2. The molecule has 0 fully saturated rings. The molecule has 0 bridgehead atoms. The molecule has 2 aromatic rings. The lowest BCUT2D eigenvalue weighted by atomic mass is 10.1. The molecule has 0 aliphatic rings. The Hall–Kier alpha value is -0.840. The maximum Gasteiger partial charge on any atom is 0.128 e. The summed E-state index contributed by atoms with van der Waals surface area (Å²) in [7, 11) is 0. The lowest BCUT2D eigenvalue weighted by molar-refractivity contribution is -0.731. The second kappa shape index (κ2) is 6.74. The third-order valence-electron chi connectivity index (χ3n) is 2.91. The molecule has 1 aromatic carbocycles. The standard InChI is InChI=1S/C16H20BrNOS/c1-16(2,3)18-10-12-9-13(17)6-7-15(12)19-11-14-5-4-8-20-14/h4-9,18H,10-11H2,1-3H3/p+1. The molecule has 0 amide bonds. The smallest absolute Gasteiger partial charge is 0.128 e. The molecule has 108 valence electrons. The van der Waals surface area contributed by atoms with Gasteiger partial charge in [-0.15, -0.1) is 11.3 Å². The van der Waals surface area contributed by atoms with Gasteiger partial charge >= 0.3 is 0 Å². The van der Waals surface area contributed by atoms with Gasteiger partial charge in [-0.3, -0.25) is 0 Å². The number of halogens is 1. The maximum atomic E-state index is 5.97. The van der Waals surface area contributed by atoms with Gasteiger partial charge in [0.25, 0.3) is 0 Å². The molecule has 1 heterocycles. The molecule has 1 aromatic heterocycles. The molecule has 0 radical (unpaired) electrons. The summed E-state index contributed by atoms with van der Waals surface area (Å²) in [5.74, 6) is 0.974. The molecular weight excluding hydrogens is 334 g/mol. The van der Waals surface area contributed by atoms with Gasteiger partial charge in [-0.25, -0.2) is 0 Å². The summed E-state index contributed by atoms with van der Waals surface area (Å²) >= 11 is 5.27. The van der Waals surface area contributed by atoms with Gasteiger partial charge in [0.15, 0.2) is 0 Å². The molecule has 4 heteroatoms. The SMILES string of the molecule is CC(C)(C)[NH2+]Cc1cc(Br)ccc1OCc1cccs1.